The molecule has 2 N–H and O–H groups in total. The van der Waals surface area contributed by atoms with Crippen LogP contribution in [0.25, 0.3) is 0 Å². The van der Waals surface area contributed by atoms with E-state index in [2.05, 4.69) is 0 Å². The summed E-state index contributed by atoms with van der Waals surface area (Å²) in [5.41, 5.74) is 0. The molecule has 0 aromatic rings. The molecule has 0 aliphatic carbocycles. The summed E-state index contributed by atoms with van der Waals surface area (Å²) in [7, 11) is -2.90. The van der Waals surface area contributed by atoms with E-state index in [9.17, 15) is 9.13 Å². The fourth-order valence-corrected chi connectivity index (χ4v) is 0.528. The molecule has 0 saturated heterocycles. The van der Waals surface area contributed by atoms with Crippen LogP contribution < -0.4 is 0 Å². The number of aliphatic hydroxyl groups is 2. The lowest BCUT2D eigenvalue weighted by atomic mass is 10.4. The summed E-state index contributed by atoms with van der Waals surface area (Å²) in [6.45, 7) is 1.20. The molecule has 0 amide bonds. The molecule has 0 spiro atoms. The summed E-state index contributed by atoms with van der Waals surface area (Å²) in [5.74, 6) is -1.62. The Bertz CT molecular complexity index is 119. The molecule has 0 aromatic carbocycles. The lowest BCUT2D eigenvalue weighted by molar-refractivity contribution is 0.0798. The third-order valence-corrected chi connectivity index (χ3v) is 1.51. The van der Waals surface area contributed by atoms with Crippen LogP contribution in [-0.4, -0.2) is 22.2 Å². The van der Waals surface area contributed by atoms with Crippen LogP contribution in [0, 0.1) is 0 Å². The first kappa shape index (κ1) is 7.82. The summed E-state index contributed by atoms with van der Waals surface area (Å²) in [6.07, 6.45) is -1.20. The summed E-state index contributed by atoms with van der Waals surface area (Å²) < 4.78 is 19.5. The van der Waals surface area contributed by atoms with Crippen LogP contribution in [-0.2, 0) is 9.13 Å². The molecule has 0 bridgehead atoms. The fraction of sp³-hybridized carbons (Fsp3) is 1.00. The normalized spacial score (nSPS) is 17.4. The minimum absolute atomic E-state index is 1.20. The van der Waals surface area contributed by atoms with Gasteiger partial charge in [-0.1, -0.05) is 0 Å². The minimum atomic E-state index is -2.90. The SMILES string of the molecule is CC(O)C(O)P(=O)=O. The minimum Gasteiger partial charge on any atom is -0.390 e. The van der Waals surface area contributed by atoms with Gasteiger partial charge in [0, 0.05) is 0 Å². The smallest absolute Gasteiger partial charge is 0.347 e. The Morgan fingerprint density at radius 2 is 1.75 bits per heavy atom. The van der Waals surface area contributed by atoms with Crippen LogP contribution in [0.1, 0.15) is 6.92 Å². The number of aliphatic hydroxyl groups excluding tert-OH is 2. The first-order chi connectivity index (χ1) is 3.55. The predicted molar refractivity (Wildman–Crippen MR) is 26.0 cm³/mol. The molecule has 0 saturated carbocycles. The zero-order valence-electron chi connectivity index (χ0n) is 4.31. The molecule has 0 fully saturated rings. The van der Waals surface area contributed by atoms with Crippen LogP contribution in [0.5, 0.6) is 0 Å². The van der Waals surface area contributed by atoms with Crippen LogP contribution in [0.15, 0.2) is 0 Å². The van der Waals surface area contributed by atoms with Gasteiger partial charge in [-0.15, -0.1) is 0 Å². The van der Waals surface area contributed by atoms with Crippen molar-refractivity contribution in [2.45, 2.75) is 18.9 Å². The van der Waals surface area contributed by atoms with Gasteiger partial charge in [0.1, 0.15) is 0 Å². The number of rotatable bonds is 2. The van der Waals surface area contributed by atoms with Crippen molar-refractivity contribution in [3.05, 3.63) is 0 Å². The second-order valence-corrected chi connectivity index (χ2v) is 2.54. The highest BCUT2D eigenvalue weighted by Gasteiger charge is 2.15. The maximum Gasteiger partial charge on any atom is 0.347 e. The van der Waals surface area contributed by atoms with Gasteiger partial charge >= 0.3 is 7.68 Å². The molecule has 0 aliphatic rings. The maximum absolute atomic E-state index is 9.77. The van der Waals surface area contributed by atoms with E-state index in [0.29, 0.717) is 0 Å². The molecule has 0 aromatic heterocycles. The van der Waals surface area contributed by atoms with Gasteiger partial charge in [0.25, 0.3) is 0 Å². The number of hydrogen-bond donors (Lipinski definition) is 2. The zero-order valence-corrected chi connectivity index (χ0v) is 5.21. The molecule has 5 heteroatoms. The van der Waals surface area contributed by atoms with E-state index in [1.54, 1.807) is 0 Å². The highest BCUT2D eigenvalue weighted by atomic mass is 31.1. The first-order valence-electron chi connectivity index (χ1n) is 2.05. The van der Waals surface area contributed by atoms with Crippen molar-refractivity contribution in [2.75, 3.05) is 0 Å². The molecule has 2 unspecified atom stereocenters. The maximum atomic E-state index is 9.77. The van der Waals surface area contributed by atoms with Crippen LogP contribution in [0.4, 0.5) is 0 Å². The van der Waals surface area contributed by atoms with E-state index in [1.807, 2.05) is 0 Å². The Kier molecular flexibility index (Phi) is 2.90. The molecule has 8 heavy (non-hydrogen) atoms. The summed E-state index contributed by atoms with van der Waals surface area (Å²) >= 11 is 0. The lowest BCUT2D eigenvalue weighted by Gasteiger charge is -2.01. The molecule has 0 aliphatic heterocycles. The summed E-state index contributed by atoms with van der Waals surface area (Å²) in [6, 6.07) is 0. The monoisotopic (exact) mass is 138 g/mol. The largest absolute Gasteiger partial charge is 0.390 e. The Morgan fingerprint density at radius 1 is 1.38 bits per heavy atom. The van der Waals surface area contributed by atoms with Gasteiger partial charge in [0.2, 0.25) is 0 Å². The van der Waals surface area contributed by atoms with Crippen molar-refractivity contribution >= 4 is 7.68 Å². The molecule has 2 atom stereocenters. The first-order valence-corrected chi connectivity index (χ1v) is 3.30. The number of hydrogen-bond acceptors (Lipinski definition) is 4. The van der Waals surface area contributed by atoms with Crippen molar-refractivity contribution < 1.29 is 19.3 Å². The molecular formula is C3H7O4P. The third-order valence-electron chi connectivity index (χ3n) is 0.647. The fourth-order valence-electron chi connectivity index (χ4n) is 0.176. The molecule has 4 nitrogen and oxygen atoms in total. The molecular weight excluding hydrogens is 131 g/mol. The van der Waals surface area contributed by atoms with Gasteiger partial charge < -0.3 is 10.2 Å². The van der Waals surface area contributed by atoms with E-state index in [4.69, 9.17) is 10.2 Å². The van der Waals surface area contributed by atoms with E-state index in [-0.39, 0.29) is 0 Å². The molecule has 0 rings (SSSR count). The average molecular weight is 138 g/mol. The van der Waals surface area contributed by atoms with Crippen LogP contribution in [0.2, 0.25) is 0 Å². The second kappa shape index (κ2) is 2.97. The quantitative estimate of drug-likeness (QED) is 0.520. The Labute approximate surface area is 47.0 Å². The van der Waals surface area contributed by atoms with Crippen LogP contribution in [0.3, 0.4) is 0 Å². The highest BCUT2D eigenvalue weighted by molar-refractivity contribution is 7.31. The molecule has 0 radical (unpaired) electrons. The van der Waals surface area contributed by atoms with Gasteiger partial charge in [-0.25, -0.2) is 9.13 Å². The highest BCUT2D eigenvalue weighted by Crippen LogP contribution is 2.13. The second-order valence-electron chi connectivity index (χ2n) is 1.44. The van der Waals surface area contributed by atoms with Gasteiger partial charge in [0.05, 0.1) is 6.10 Å². The van der Waals surface area contributed by atoms with Gasteiger partial charge in [-0.3, -0.25) is 0 Å². The van der Waals surface area contributed by atoms with E-state index in [0.717, 1.165) is 0 Å². The van der Waals surface area contributed by atoms with E-state index >= 15 is 0 Å². The van der Waals surface area contributed by atoms with Crippen molar-refractivity contribution in [1.29, 1.82) is 0 Å². The van der Waals surface area contributed by atoms with Crippen molar-refractivity contribution in [2.24, 2.45) is 0 Å². The third kappa shape index (κ3) is 2.21. The van der Waals surface area contributed by atoms with Gasteiger partial charge in [-0.2, -0.15) is 0 Å². The average Bonchev–Trinajstić information content (AvgIpc) is 1.64. The van der Waals surface area contributed by atoms with E-state index in [1.165, 1.54) is 6.92 Å². The molecule has 0 heterocycles. The van der Waals surface area contributed by atoms with Crippen molar-refractivity contribution in [3.63, 3.8) is 0 Å². The topological polar surface area (TPSA) is 74.6 Å². The summed E-state index contributed by atoms with van der Waals surface area (Å²) in [5, 5.41) is 16.7. The van der Waals surface area contributed by atoms with E-state index < -0.39 is 19.6 Å². The van der Waals surface area contributed by atoms with Crippen molar-refractivity contribution in [1.82, 2.24) is 0 Å². The molecule has 48 valence electrons. The lowest BCUT2D eigenvalue weighted by Crippen LogP contribution is -2.16. The van der Waals surface area contributed by atoms with Crippen LogP contribution >= 0.6 is 7.68 Å². The Hall–Kier alpha value is -0.180. The predicted octanol–water partition coefficient (Wildman–Crippen LogP) is -0.142. The van der Waals surface area contributed by atoms with Gasteiger partial charge in [-0.05, 0) is 6.92 Å². The zero-order chi connectivity index (χ0) is 6.73. The Balaban J connectivity index is 3.83. The van der Waals surface area contributed by atoms with Gasteiger partial charge in [0.15, 0.2) is 5.85 Å². The standard InChI is InChI=1S/C3H7O4P/c1-2(4)3(5)8(6)7/h2-5H,1H3. The Morgan fingerprint density at radius 3 is 1.75 bits per heavy atom. The van der Waals surface area contributed by atoms with Crippen molar-refractivity contribution in [3.8, 4) is 0 Å². The summed E-state index contributed by atoms with van der Waals surface area (Å²) in [4.78, 5) is 0.